The highest BCUT2D eigenvalue weighted by molar-refractivity contribution is 7.60. The van der Waals surface area contributed by atoms with Gasteiger partial charge in [0.05, 0.1) is 6.61 Å². The third-order valence-corrected chi connectivity index (χ3v) is 7.22. The molecular formula is C17H21ClN2O12P2. The summed E-state index contributed by atoms with van der Waals surface area (Å²) in [4.78, 5) is 51.7. The number of aliphatic hydroxyl groups excluding tert-OH is 2. The van der Waals surface area contributed by atoms with Gasteiger partial charge in [0.1, 0.15) is 18.3 Å². The molecule has 17 heteroatoms. The second-order valence-corrected chi connectivity index (χ2v) is 10.5. The number of benzene rings is 1. The van der Waals surface area contributed by atoms with E-state index in [1.54, 1.807) is 24.3 Å². The third kappa shape index (κ3) is 6.72. The molecule has 0 saturated carbocycles. The van der Waals surface area contributed by atoms with Crippen LogP contribution in [0.15, 0.2) is 46.1 Å². The molecule has 34 heavy (non-hydrogen) atoms. The van der Waals surface area contributed by atoms with Gasteiger partial charge in [0, 0.05) is 23.8 Å². The fourth-order valence-corrected chi connectivity index (χ4v) is 5.10. The lowest BCUT2D eigenvalue weighted by molar-refractivity contribution is -0.0548. The molecule has 188 valence electrons. The smallest absolute Gasteiger partial charge is 0.387 e. The molecule has 1 aliphatic heterocycles. The van der Waals surface area contributed by atoms with Crippen LogP contribution in [0.4, 0.5) is 0 Å². The van der Waals surface area contributed by atoms with Gasteiger partial charge in [-0.3, -0.25) is 18.5 Å². The lowest BCUT2D eigenvalue weighted by atomic mass is 10.1. The van der Waals surface area contributed by atoms with Crippen LogP contribution in [0.3, 0.4) is 0 Å². The van der Waals surface area contributed by atoms with Gasteiger partial charge in [-0.05, 0) is 24.1 Å². The molecule has 0 aliphatic carbocycles. The van der Waals surface area contributed by atoms with E-state index in [1.807, 2.05) is 0 Å². The highest BCUT2D eigenvalue weighted by Gasteiger charge is 2.45. The molecule has 2 unspecified atom stereocenters. The zero-order valence-corrected chi connectivity index (χ0v) is 19.7. The first kappa shape index (κ1) is 26.9. The number of hydrogen-bond donors (Lipinski definition) is 5. The number of phosphoric acid groups is 2. The van der Waals surface area contributed by atoms with E-state index in [1.165, 1.54) is 0 Å². The van der Waals surface area contributed by atoms with Crippen LogP contribution < -0.4 is 11.2 Å². The Balaban J connectivity index is 1.76. The number of aliphatic hydroxyl groups is 2. The van der Waals surface area contributed by atoms with Gasteiger partial charge in [-0.1, -0.05) is 23.7 Å². The van der Waals surface area contributed by atoms with Gasteiger partial charge < -0.3 is 29.6 Å². The van der Waals surface area contributed by atoms with Crippen LogP contribution in [-0.4, -0.2) is 58.9 Å². The van der Waals surface area contributed by atoms with E-state index in [-0.39, 0.29) is 13.0 Å². The van der Waals surface area contributed by atoms with Crippen LogP contribution in [0.2, 0.25) is 5.02 Å². The molecule has 0 radical (unpaired) electrons. The minimum absolute atomic E-state index is 0.0236. The van der Waals surface area contributed by atoms with Gasteiger partial charge in [-0.15, -0.1) is 0 Å². The molecule has 14 nitrogen and oxygen atoms in total. The minimum atomic E-state index is -5.36. The van der Waals surface area contributed by atoms with Crippen molar-refractivity contribution in [3.63, 3.8) is 0 Å². The van der Waals surface area contributed by atoms with Crippen molar-refractivity contribution in [3.8, 4) is 0 Å². The minimum Gasteiger partial charge on any atom is -0.387 e. The topological polar surface area (TPSA) is 207 Å². The van der Waals surface area contributed by atoms with Crippen molar-refractivity contribution in [1.82, 2.24) is 9.13 Å². The van der Waals surface area contributed by atoms with Gasteiger partial charge in [0.2, 0.25) is 0 Å². The third-order valence-electron chi connectivity index (χ3n) is 4.83. The number of hydrogen-bond acceptors (Lipinski definition) is 9. The van der Waals surface area contributed by atoms with Crippen molar-refractivity contribution in [1.29, 1.82) is 0 Å². The SMILES string of the molecule is O=c1ccn([C@@H]2O[C@H](COP(=O)(O)OP(=O)(O)O)C(O)[C@@H]2O)c(=O)n1CCc1cccc(Cl)c1. The van der Waals surface area contributed by atoms with Gasteiger partial charge in [-0.25, -0.2) is 13.9 Å². The Morgan fingerprint density at radius 1 is 1.09 bits per heavy atom. The number of halogens is 1. The van der Waals surface area contributed by atoms with Crippen molar-refractivity contribution in [2.45, 2.75) is 37.5 Å². The van der Waals surface area contributed by atoms with E-state index in [0.717, 1.165) is 27.0 Å². The average Bonchev–Trinajstić information content (AvgIpc) is 2.99. The number of ether oxygens (including phenoxy) is 1. The quantitative estimate of drug-likeness (QED) is 0.260. The summed E-state index contributed by atoms with van der Waals surface area (Å²) in [6, 6.07) is 7.88. The fourth-order valence-electron chi connectivity index (χ4n) is 3.29. The van der Waals surface area contributed by atoms with E-state index < -0.39 is 58.0 Å². The largest absolute Gasteiger partial charge is 0.481 e. The van der Waals surface area contributed by atoms with Crippen molar-refractivity contribution >= 4 is 27.2 Å². The van der Waals surface area contributed by atoms with E-state index >= 15 is 0 Å². The lowest BCUT2D eigenvalue weighted by Crippen LogP contribution is -2.43. The molecule has 0 bridgehead atoms. The van der Waals surface area contributed by atoms with Crippen molar-refractivity contribution in [2.75, 3.05) is 6.61 Å². The predicted octanol–water partition coefficient (Wildman–Crippen LogP) is -0.248. The van der Waals surface area contributed by atoms with Gasteiger partial charge >= 0.3 is 21.3 Å². The Kier molecular flexibility index (Phi) is 8.33. The summed E-state index contributed by atoms with van der Waals surface area (Å²) in [5.41, 5.74) is -0.707. The summed E-state index contributed by atoms with van der Waals surface area (Å²) in [6.45, 7) is -0.949. The Labute approximate surface area is 196 Å². The fraction of sp³-hybridized carbons (Fsp3) is 0.412. The maximum atomic E-state index is 12.9. The van der Waals surface area contributed by atoms with Gasteiger partial charge in [-0.2, -0.15) is 4.31 Å². The summed E-state index contributed by atoms with van der Waals surface area (Å²) in [5.74, 6) is 0. The molecule has 0 amide bonds. The summed E-state index contributed by atoms with van der Waals surface area (Å²) in [7, 11) is -10.6. The number of aryl methyl sites for hydroxylation is 1. The van der Waals surface area contributed by atoms with E-state index in [9.17, 15) is 33.8 Å². The van der Waals surface area contributed by atoms with E-state index in [0.29, 0.717) is 5.02 Å². The van der Waals surface area contributed by atoms with Crippen molar-refractivity contribution in [2.24, 2.45) is 0 Å². The predicted molar refractivity (Wildman–Crippen MR) is 115 cm³/mol. The number of rotatable bonds is 9. The molecular weight excluding hydrogens is 522 g/mol. The van der Waals surface area contributed by atoms with Crippen LogP contribution in [0.1, 0.15) is 11.8 Å². The molecule has 5 N–H and O–H groups in total. The first-order valence-corrected chi connectivity index (χ1v) is 13.0. The Morgan fingerprint density at radius 2 is 1.79 bits per heavy atom. The Hall–Kier alpha value is -1.67. The number of aromatic nitrogens is 2. The van der Waals surface area contributed by atoms with Crippen molar-refractivity contribution in [3.05, 3.63) is 68.0 Å². The van der Waals surface area contributed by atoms with Crippen molar-refractivity contribution < 1.29 is 47.6 Å². The molecule has 1 aromatic heterocycles. The van der Waals surface area contributed by atoms with Gasteiger partial charge in [0.25, 0.3) is 5.56 Å². The highest BCUT2D eigenvalue weighted by Crippen LogP contribution is 2.57. The first-order chi connectivity index (χ1) is 15.8. The molecule has 1 fully saturated rings. The maximum absolute atomic E-state index is 12.9. The highest BCUT2D eigenvalue weighted by atomic mass is 35.5. The zero-order valence-electron chi connectivity index (χ0n) is 17.2. The molecule has 3 rings (SSSR count). The summed E-state index contributed by atoms with van der Waals surface area (Å²) in [5, 5.41) is 21.0. The zero-order chi connectivity index (χ0) is 25.3. The summed E-state index contributed by atoms with van der Waals surface area (Å²) in [6.07, 6.45) is -5.09. The summed E-state index contributed by atoms with van der Waals surface area (Å²) >= 11 is 5.94. The molecule has 1 aromatic carbocycles. The monoisotopic (exact) mass is 542 g/mol. The lowest BCUT2D eigenvalue weighted by Gasteiger charge is -2.19. The molecule has 2 heterocycles. The summed E-state index contributed by atoms with van der Waals surface area (Å²) < 4.78 is 37.5. The molecule has 1 aliphatic rings. The van der Waals surface area contributed by atoms with Crippen LogP contribution in [0.25, 0.3) is 0 Å². The molecule has 2 aromatic rings. The Bertz CT molecular complexity index is 1240. The Morgan fingerprint density at radius 3 is 2.44 bits per heavy atom. The first-order valence-electron chi connectivity index (χ1n) is 9.60. The van der Waals surface area contributed by atoms with Crippen LogP contribution in [0.5, 0.6) is 0 Å². The van der Waals surface area contributed by atoms with Crippen LogP contribution >= 0.6 is 27.2 Å². The number of phosphoric ester groups is 1. The standard InChI is InChI=1S/C17H21ClN2O12P2/c18-11-3-1-2-10(8-11)4-6-19-13(21)5-7-20(17(19)24)16-15(23)14(22)12(31-16)9-30-34(28,29)32-33(25,26)27/h1-3,5,7-8,12,14-16,22-23H,4,6,9H2,(H,28,29)(H2,25,26,27)/t12-,14?,15+,16-/m1/s1. The van der Waals surface area contributed by atoms with E-state index in [2.05, 4.69) is 8.83 Å². The average molecular weight is 543 g/mol. The normalized spacial score (nSPS) is 24.8. The maximum Gasteiger partial charge on any atom is 0.481 e. The molecule has 1 saturated heterocycles. The van der Waals surface area contributed by atoms with Crippen LogP contribution in [-0.2, 0) is 35.7 Å². The number of nitrogens with zero attached hydrogens (tertiary/aromatic N) is 2. The molecule has 5 atom stereocenters. The van der Waals surface area contributed by atoms with Gasteiger partial charge in [0.15, 0.2) is 6.23 Å². The second kappa shape index (κ2) is 10.5. The second-order valence-electron chi connectivity index (χ2n) is 7.26. The van der Waals surface area contributed by atoms with Crippen LogP contribution in [0, 0.1) is 0 Å². The van der Waals surface area contributed by atoms with E-state index in [4.69, 9.17) is 26.1 Å². The molecule has 0 spiro atoms.